The van der Waals surface area contributed by atoms with Gasteiger partial charge in [-0.2, -0.15) is 13.2 Å². The normalized spacial score (nSPS) is 12.7. The maximum absolute atomic E-state index is 13.0. The van der Waals surface area contributed by atoms with Gasteiger partial charge in [-0.15, -0.1) is 0 Å². The molecule has 0 saturated heterocycles. The van der Waals surface area contributed by atoms with Gasteiger partial charge < -0.3 is 4.57 Å². The van der Waals surface area contributed by atoms with Crippen molar-refractivity contribution < 1.29 is 21.6 Å². The van der Waals surface area contributed by atoms with Gasteiger partial charge in [-0.05, 0) is 18.2 Å². The third-order valence-corrected chi connectivity index (χ3v) is 6.56. The number of hydrogen-bond acceptors (Lipinski definition) is 5. The molecule has 0 aliphatic heterocycles. The summed E-state index contributed by atoms with van der Waals surface area (Å²) < 4.78 is 66.4. The van der Waals surface area contributed by atoms with Crippen molar-refractivity contribution >= 4 is 31.8 Å². The van der Waals surface area contributed by atoms with E-state index in [0.717, 1.165) is 12.3 Å². The Hall–Kier alpha value is -3.01. The minimum Gasteiger partial charge on any atom is -0.312 e. The minimum atomic E-state index is -4.55. The van der Waals surface area contributed by atoms with Crippen LogP contribution in [0.3, 0.4) is 0 Å². The van der Waals surface area contributed by atoms with Gasteiger partial charge in [0.2, 0.25) is 0 Å². The lowest BCUT2D eigenvalue weighted by molar-refractivity contribution is -0.137. The van der Waals surface area contributed by atoms with Crippen LogP contribution in [0.1, 0.15) is 12.5 Å². The number of alkyl halides is 3. The molecule has 0 unspecified atom stereocenters. The van der Waals surface area contributed by atoms with E-state index in [-0.39, 0.29) is 27.6 Å². The Balaban J connectivity index is 2.06. The molecule has 3 heterocycles. The average Bonchev–Trinajstić information content (AvgIpc) is 3.02. The molecule has 0 amide bonds. The zero-order valence-electron chi connectivity index (χ0n) is 15.4. The van der Waals surface area contributed by atoms with Crippen molar-refractivity contribution in [1.29, 1.82) is 0 Å². The predicted molar refractivity (Wildman–Crippen MR) is 102 cm³/mol. The largest absolute Gasteiger partial charge is 0.417 e. The van der Waals surface area contributed by atoms with Gasteiger partial charge in [0, 0.05) is 42.0 Å². The minimum absolute atomic E-state index is 0.0343. The Morgan fingerprint density at radius 2 is 1.90 bits per heavy atom. The van der Waals surface area contributed by atoms with E-state index in [9.17, 15) is 21.6 Å². The van der Waals surface area contributed by atoms with Gasteiger partial charge in [-0.3, -0.25) is 4.98 Å². The summed E-state index contributed by atoms with van der Waals surface area (Å²) in [5.41, 5.74) is -0.352. The van der Waals surface area contributed by atoms with Crippen LogP contribution in [0.5, 0.6) is 0 Å². The average molecular weight is 420 g/mol. The molecular formula is C19H15F3N4O2S. The summed E-state index contributed by atoms with van der Waals surface area (Å²) in [4.78, 5) is 12.3. The second-order valence-electron chi connectivity index (χ2n) is 6.50. The zero-order chi connectivity index (χ0) is 21.0. The molecule has 150 valence electrons. The lowest BCUT2D eigenvalue weighted by atomic mass is 10.1. The molecule has 0 aliphatic rings. The Kier molecular flexibility index (Phi) is 4.34. The van der Waals surface area contributed by atoms with Gasteiger partial charge in [0.05, 0.1) is 16.2 Å². The number of hydrogen-bond donors (Lipinski definition) is 0. The van der Waals surface area contributed by atoms with Gasteiger partial charge in [0.15, 0.2) is 15.5 Å². The molecule has 0 N–H and O–H groups in total. The first kappa shape index (κ1) is 19.3. The second-order valence-corrected chi connectivity index (χ2v) is 8.72. The SMILES string of the molecule is CCS(=O)(=O)c1c(-c2nc3cc(C(F)(F)F)cnc3n2C)ccc2cnccc12. The van der Waals surface area contributed by atoms with Crippen molar-refractivity contribution in [2.24, 2.45) is 7.05 Å². The van der Waals surface area contributed by atoms with E-state index in [2.05, 4.69) is 15.0 Å². The van der Waals surface area contributed by atoms with Gasteiger partial charge in [0.25, 0.3) is 0 Å². The molecule has 0 spiro atoms. The number of aromatic nitrogens is 4. The summed E-state index contributed by atoms with van der Waals surface area (Å²) in [5, 5.41) is 1.12. The molecule has 0 aliphatic carbocycles. The summed E-state index contributed by atoms with van der Waals surface area (Å²) >= 11 is 0. The molecule has 0 radical (unpaired) electrons. The third kappa shape index (κ3) is 3.13. The molecule has 4 aromatic rings. The summed E-state index contributed by atoms with van der Waals surface area (Å²) in [6, 6.07) is 5.81. The Morgan fingerprint density at radius 3 is 2.59 bits per heavy atom. The van der Waals surface area contributed by atoms with Crippen LogP contribution in [0.4, 0.5) is 13.2 Å². The van der Waals surface area contributed by atoms with E-state index in [1.54, 1.807) is 31.4 Å². The number of sulfone groups is 1. The molecule has 1 aromatic carbocycles. The molecule has 0 bridgehead atoms. The first-order chi connectivity index (χ1) is 13.6. The number of pyridine rings is 2. The van der Waals surface area contributed by atoms with Gasteiger partial charge in [-0.1, -0.05) is 13.0 Å². The van der Waals surface area contributed by atoms with Crippen LogP contribution in [-0.4, -0.2) is 33.7 Å². The van der Waals surface area contributed by atoms with E-state index in [1.165, 1.54) is 17.7 Å². The first-order valence-electron chi connectivity index (χ1n) is 8.63. The third-order valence-electron chi connectivity index (χ3n) is 4.74. The van der Waals surface area contributed by atoms with Crippen molar-refractivity contribution in [2.75, 3.05) is 5.75 Å². The van der Waals surface area contributed by atoms with Crippen LogP contribution in [0.2, 0.25) is 0 Å². The standard InChI is InChI=1S/C19H15F3N4O2S/c1-3-29(27,28)16-13-6-7-23-9-11(13)4-5-14(16)17-25-15-8-12(19(20,21)22)10-24-18(15)26(17)2/h4-10H,3H2,1-2H3. The summed E-state index contributed by atoms with van der Waals surface area (Å²) in [6.07, 6.45) is -0.762. The van der Waals surface area contributed by atoms with Crippen LogP contribution in [0, 0.1) is 0 Å². The molecule has 10 heteroatoms. The summed E-state index contributed by atoms with van der Waals surface area (Å²) in [5.74, 6) is 0.0829. The van der Waals surface area contributed by atoms with E-state index in [4.69, 9.17) is 0 Å². The predicted octanol–water partition coefficient (Wildman–Crippen LogP) is 4.00. The number of aryl methyl sites for hydroxylation is 1. The van der Waals surface area contributed by atoms with E-state index >= 15 is 0 Å². The van der Waals surface area contributed by atoms with Gasteiger partial charge >= 0.3 is 6.18 Å². The highest BCUT2D eigenvalue weighted by molar-refractivity contribution is 7.91. The molecule has 4 rings (SSSR count). The highest BCUT2D eigenvalue weighted by Crippen LogP contribution is 2.36. The molecule has 29 heavy (non-hydrogen) atoms. The van der Waals surface area contributed by atoms with E-state index in [1.807, 2.05) is 0 Å². The highest BCUT2D eigenvalue weighted by atomic mass is 32.2. The van der Waals surface area contributed by atoms with Crippen LogP contribution in [0.25, 0.3) is 33.3 Å². The fourth-order valence-corrected chi connectivity index (χ4v) is 4.57. The Morgan fingerprint density at radius 1 is 1.14 bits per heavy atom. The molecule has 6 nitrogen and oxygen atoms in total. The van der Waals surface area contributed by atoms with Crippen LogP contribution >= 0.6 is 0 Å². The first-order valence-corrected chi connectivity index (χ1v) is 10.3. The lowest BCUT2D eigenvalue weighted by Gasteiger charge is -2.12. The monoisotopic (exact) mass is 420 g/mol. The van der Waals surface area contributed by atoms with Crippen molar-refractivity contribution in [1.82, 2.24) is 19.5 Å². The summed E-state index contributed by atoms with van der Waals surface area (Å²) in [6.45, 7) is 1.53. The molecular weight excluding hydrogens is 405 g/mol. The fraction of sp³-hybridized carbons (Fsp3) is 0.211. The Labute approximate surface area is 164 Å². The molecule has 0 saturated carbocycles. The van der Waals surface area contributed by atoms with Crippen molar-refractivity contribution in [2.45, 2.75) is 18.0 Å². The quantitative estimate of drug-likeness (QED) is 0.501. The molecule has 0 fully saturated rings. The number of nitrogens with zero attached hydrogens (tertiary/aromatic N) is 4. The van der Waals surface area contributed by atoms with Crippen molar-refractivity contribution in [3.8, 4) is 11.4 Å². The van der Waals surface area contributed by atoms with Crippen LogP contribution in [-0.2, 0) is 23.1 Å². The number of halogens is 3. The maximum atomic E-state index is 13.0. The zero-order valence-corrected chi connectivity index (χ0v) is 16.2. The van der Waals surface area contributed by atoms with Crippen LogP contribution in [0.15, 0.2) is 47.8 Å². The van der Waals surface area contributed by atoms with Crippen molar-refractivity contribution in [3.63, 3.8) is 0 Å². The van der Waals surface area contributed by atoms with Gasteiger partial charge in [0.1, 0.15) is 11.3 Å². The van der Waals surface area contributed by atoms with E-state index < -0.39 is 21.6 Å². The van der Waals surface area contributed by atoms with Gasteiger partial charge in [-0.25, -0.2) is 18.4 Å². The number of imidazole rings is 1. The topological polar surface area (TPSA) is 77.7 Å². The highest BCUT2D eigenvalue weighted by Gasteiger charge is 2.32. The second kappa shape index (κ2) is 6.51. The fourth-order valence-electron chi connectivity index (χ4n) is 3.27. The van der Waals surface area contributed by atoms with E-state index in [0.29, 0.717) is 16.3 Å². The Bertz CT molecular complexity index is 1360. The molecule has 0 atom stereocenters. The number of benzene rings is 1. The number of rotatable bonds is 3. The molecule has 3 aromatic heterocycles. The number of fused-ring (bicyclic) bond motifs is 2. The van der Waals surface area contributed by atoms with Crippen molar-refractivity contribution in [3.05, 3.63) is 48.4 Å². The maximum Gasteiger partial charge on any atom is 0.417 e. The summed E-state index contributed by atoms with van der Waals surface area (Å²) in [7, 11) is -2.08. The van der Waals surface area contributed by atoms with Crippen LogP contribution < -0.4 is 0 Å². The lowest BCUT2D eigenvalue weighted by Crippen LogP contribution is -2.08. The smallest absolute Gasteiger partial charge is 0.312 e.